The summed E-state index contributed by atoms with van der Waals surface area (Å²) in [5.41, 5.74) is 5.09. The number of ether oxygens (including phenoxy) is 1. The van der Waals surface area contributed by atoms with E-state index in [1.54, 1.807) is 18.2 Å². The van der Waals surface area contributed by atoms with Crippen LogP contribution in [0.5, 0.6) is 0 Å². The maximum Gasteiger partial charge on any atom is 0.339 e. The van der Waals surface area contributed by atoms with Crippen molar-refractivity contribution in [1.82, 2.24) is 4.98 Å². The van der Waals surface area contributed by atoms with E-state index in [-0.39, 0.29) is 0 Å². The van der Waals surface area contributed by atoms with Gasteiger partial charge in [-0.25, -0.2) is 9.78 Å². The van der Waals surface area contributed by atoms with Gasteiger partial charge in [0.05, 0.1) is 21.8 Å². The average molecular weight is 524 g/mol. The normalized spacial score (nSPS) is 10.8. The molecule has 0 aliphatic carbocycles. The fraction of sp³-hybridized carbons (Fsp3) is 0.115. The predicted molar refractivity (Wildman–Crippen MR) is 135 cm³/mol. The molecule has 0 bridgehead atoms. The van der Waals surface area contributed by atoms with Crippen LogP contribution in [0.15, 0.2) is 71.2 Å². The molecule has 1 heterocycles. The highest BCUT2D eigenvalue weighted by Gasteiger charge is 2.17. The first kappa shape index (κ1) is 23.0. The molecule has 0 saturated carbocycles. The molecule has 5 nitrogen and oxygen atoms in total. The van der Waals surface area contributed by atoms with Gasteiger partial charge in [0.1, 0.15) is 0 Å². The van der Waals surface area contributed by atoms with Crippen LogP contribution >= 0.6 is 27.5 Å². The molecule has 166 valence electrons. The number of carbonyl (C=O) groups excluding carboxylic acids is 2. The van der Waals surface area contributed by atoms with Crippen molar-refractivity contribution in [1.29, 1.82) is 0 Å². The molecule has 33 heavy (non-hydrogen) atoms. The summed E-state index contributed by atoms with van der Waals surface area (Å²) in [5, 5.41) is 3.86. The molecular formula is C26H20BrClN2O3. The summed E-state index contributed by atoms with van der Waals surface area (Å²) in [6, 6.07) is 20.4. The van der Waals surface area contributed by atoms with Crippen molar-refractivity contribution in [3.63, 3.8) is 0 Å². The topological polar surface area (TPSA) is 68.3 Å². The number of hydrogen-bond donors (Lipinski definition) is 1. The van der Waals surface area contributed by atoms with Gasteiger partial charge in [0.15, 0.2) is 6.61 Å². The van der Waals surface area contributed by atoms with E-state index >= 15 is 0 Å². The molecular weight excluding hydrogens is 504 g/mol. The fourth-order valence-electron chi connectivity index (χ4n) is 3.39. The van der Waals surface area contributed by atoms with Crippen molar-refractivity contribution >= 4 is 56.0 Å². The second-order valence-corrected chi connectivity index (χ2v) is 8.91. The van der Waals surface area contributed by atoms with E-state index in [4.69, 9.17) is 21.3 Å². The molecule has 1 aromatic heterocycles. The molecule has 1 amide bonds. The molecule has 0 fully saturated rings. The summed E-state index contributed by atoms with van der Waals surface area (Å²) in [6.45, 7) is 3.43. The Balaban J connectivity index is 1.56. The molecule has 0 aliphatic rings. The van der Waals surface area contributed by atoms with E-state index in [0.29, 0.717) is 32.9 Å². The number of nitrogens with one attached hydrogen (secondary N) is 1. The lowest BCUT2D eigenvalue weighted by molar-refractivity contribution is -0.119. The second kappa shape index (κ2) is 9.73. The maximum atomic E-state index is 13.0. The predicted octanol–water partition coefficient (Wildman–Crippen LogP) is 6.73. The zero-order valence-electron chi connectivity index (χ0n) is 18.0. The summed E-state index contributed by atoms with van der Waals surface area (Å²) in [7, 11) is 0. The van der Waals surface area contributed by atoms with E-state index in [1.807, 2.05) is 62.4 Å². The molecule has 4 aromatic rings. The van der Waals surface area contributed by atoms with Crippen LogP contribution in [0.4, 0.5) is 5.69 Å². The molecule has 7 heteroatoms. The highest BCUT2D eigenvalue weighted by atomic mass is 79.9. The van der Waals surface area contributed by atoms with Gasteiger partial charge in [-0.3, -0.25) is 4.79 Å². The fourth-order valence-corrected chi connectivity index (χ4v) is 4.01. The molecule has 4 rings (SSSR count). The van der Waals surface area contributed by atoms with Gasteiger partial charge < -0.3 is 10.1 Å². The number of amides is 1. The first-order valence-electron chi connectivity index (χ1n) is 10.2. The second-order valence-electron chi connectivity index (χ2n) is 7.64. The van der Waals surface area contributed by atoms with Crippen LogP contribution in [0.1, 0.15) is 21.5 Å². The van der Waals surface area contributed by atoms with E-state index < -0.39 is 18.5 Å². The Morgan fingerprint density at radius 3 is 2.52 bits per heavy atom. The van der Waals surface area contributed by atoms with Crippen LogP contribution in [-0.4, -0.2) is 23.5 Å². The van der Waals surface area contributed by atoms with E-state index in [2.05, 4.69) is 21.2 Å². The molecule has 0 saturated heterocycles. The Morgan fingerprint density at radius 2 is 1.76 bits per heavy atom. The van der Waals surface area contributed by atoms with Gasteiger partial charge in [-0.2, -0.15) is 0 Å². The first-order chi connectivity index (χ1) is 15.8. The number of rotatable bonds is 5. The minimum atomic E-state index is -0.595. The van der Waals surface area contributed by atoms with Crippen molar-refractivity contribution in [2.75, 3.05) is 11.9 Å². The number of esters is 1. The SMILES string of the molecule is Cc1ccc(-c2cc(C(=O)OCC(=O)Nc3cc(Cl)c(Br)cc3C)c3ccccc3n2)cc1. The summed E-state index contributed by atoms with van der Waals surface area (Å²) in [4.78, 5) is 30.1. The lowest BCUT2D eigenvalue weighted by Gasteiger charge is -2.12. The van der Waals surface area contributed by atoms with Gasteiger partial charge in [0.25, 0.3) is 5.91 Å². The van der Waals surface area contributed by atoms with Crippen molar-refractivity contribution in [2.24, 2.45) is 0 Å². The Kier molecular flexibility index (Phi) is 6.77. The van der Waals surface area contributed by atoms with Gasteiger partial charge >= 0.3 is 5.97 Å². The standard InChI is InChI=1S/C26H20BrClN2O3/c1-15-7-9-17(10-8-15)24-12-19(18-5-3-4-6-22(18)29-24)26(32)33-14-25(31)30-23-13-21(28)20(27)11-16(23)2/h3-13H,14H2,1-2H3,(H,30,31). The number of pyridine rings is 1. The third-order valence-electron chi connectivity index (χ3n) is 5.16. The molecule has 0 aliphatic heterocycles. The lowest BCUT2D eigenvalue weighted by atomic mass is 10.0. The monoisotopic (exact) mass is 522 g/mol. The summed E-state index contributed by atoms with van der Waals surface area (Å²) in [6.07, 6.45) is 0. The maximum absolute atomic E-state index is 13.0. The Morgan fingerprint density at radius 1 is 1.03 bits per heavy atom. The smallest absolute Gasteiger partial charge is 0.339 e. The van der Waals surface area contributed by atoms with Gasteiger partial charge in [-0.15, -0.1) is 0 Å². The van der Waals surface area contributed by atoms with Crippen LogP contribution in [0.3, 0.4) is 0 Å². The van der Waals surface area contributed by atoms with Crippen LogP contribution in [0.2, 0.25) is 5.02 Å². The molecule has 3 aromatic carbocycles. The molecule has 1 N–H and O–H groups in total. The van der Waals surface area contributed by atoms with Crippen LogP contribution < -0.4 is 5.32 Å². The molecule has 0 unspecified atom stereocenters. The number of fused-ring (bicyclic) bond motifs is 1. The number of para-hydroxylation sites is 1. The quantitative estimate of drug-likeness (QED) is 0.295. The third-order valence-corrected chi connectivity index (χ3v) is 6.36. The number of hydrogen-bond acceptors (Lipinski definition) is 4. The highest BCUT2D eigenvalue weighted by molar-refractivity contribution is 9.10. The minimum Gasteiger partial charge on any atom is -0.452 e. The first-order valence-corrected chi connectivity index (χ1v) is 11.4. The van der Waals surface area contributed by atoms with Crippen molar-refractivity contribution in [3.8, 4) is 11.3 Å². The number of aromatic nitrogens is 1. The number of aryl methyl sites for hydroxylation is 2. The van der Waals surface area contributed by atoms with Gasteiger partial charge in [-0.05, 0) is 59.6 Å². The number of nitrogens with zero attached hydrogens (tertiary/aromatic N) is 1. The number of halogens is 2. The summed E-state index contributed by atoms with van der Waals surface area (Å²) < 4.78 is 6.09. The Bertz CT molecular complexity index is 1370. The van der Waals surface area contributed by atoms with Gasteiger partial charge in [-0.1, -0.05) is 59.6 Å². The van der Waals surface area contributed by atoms with E-state index in [1.165, 1.54) is 0 Å². The van der Waals surface area contributed by atoms with Crippen molar-refractivity contribution in [3.05, 3.63) is 92.9 Å². The van der Waals surface area contributed by atoms with E-state index in [0.717, 1.165) is 21.2 Å². The Labute approximate surface area is 204 Å². The summed E-state index contributed by atoms with van der Waals surface area (Å²) in [5.74, 6) is -1.05. The zero-order valence-corrected chi connectivity index (χ0v) is 20.3. The largest absolute Gasteiger partial charge is 0.452 e. The van der Waals surface area contributed by atoms with Gasteiger partial charge in [0, 0.05) is 21.1 Å². The van der Waals surface area contributed by atoms with Crippen molar-refractivity contribution < 1.29 is 14.3 Å². The third kappa shape index (κ3) is 5.24. The number of benzene rings is 3. The molecule has 0 radical (unpaired) electrons. The van der Waals surface area contributed by atoms with Crippen molar-refractivity contribution in [2.45, 2.75) is 13.8 Å². The zero-order chi connectivity index (χ0) is 23.5. The highest BCUT2D eigenvalue weighted by Crippen LogP contribution is 2.29. The van der Waals surface area contributed by atoms with Crippen LogP contribution in [0, 0.1) is 13.8 Å². The summed E-state index contributed by atoms with van der Waals surface area (Å²) >= 11 is 9.47. The Hall–Kier alpha value is -3.22. The molecule has 0 atom stereocenters. The number of carbonyl (C=O) groups is 2. The average Bonchev–Trinajstić information content (AvgIpc) is 2.80. The van der Waals surface area contributed by atoms with Crippen LogP contribution in [0.25, 0.3) is 22.2 Å². The van der Waals surface area contributed by atoms with Crippen LogP contribution in [-0.2, 0) is 9.53 Å². The number of anilines is 1. The molecule has 0 spiro atoms. The minimum absolute atomic E-state index is 0.354. The van der Waals surface area contributed by atoms with E-state index in [9.17, 15) is 9.59 Å². The lowest BCUT2D eigenvalue weighted by Crippen LogP contribution is -2.21. The van der Waals surface area contributed by atoms with Gasteiger partial charge in [0.2, 0.25) is 0 Å².